The molecule has 1 amide bonds. The highest BCUT2D eigenvalue weighted by atomic mass is 32.1. The van der Waals surface area contributed by atoms with Gasteiger partial charge >= 0.3 is 11.9 Å². The molecule has 0 aliphatic heterocycles. The second kappa shape index (κ2) is 9.32. The topological polar surface area (TPSA) is 99.5 Å². The van der Waals surface area contributed by atoms with Crippen molar-refractivity contribution in [3.63, 3.8) is 0 Å². The van der Waals surface area contributed by atoms with Crippen molar-refractivity contribution in [2.24, 2.45) is 7.05 Å². The SMILES string of the molecule is CCOC(=O)c1sc(NC(=O)C=Cc2cnn(C)c2C)c(C(=O)OCC)c1C. The quantitative estimate of drug-likeness (QED) is 0.561. The smallest absolute Gasteiger partial charge is 0.348 e. The number of carbonyl (C=O) groups is 3. The lowest BCUT2D eigenvalue weighted by Gasteiger charge is -2.05. The second-order valence-corrected chi connectivity index (χ2v) is 6.85. The van der Waals surface area contributed by atoms with E-state index < -0.39 is 17.8 Å². The molecule has 0 unspecified atom stereocenters. The first kappa shape index (κ1) is 21.4. The van der Waals surface area contributed by atoms with E-state index in [1.54, 1.807) is 37.7 Å². The van der Waals surface area contributed by atoms with Gasteiger partial charge in [0, 0.05) is 24.4 Å². The van der Waals surface area contributed by atoms with E-state index in [0.717, 1.165) is 22.6 Å². The maximum atomic E-state index is 12.4. The zero-order valence-electron chi connectivity index (χ0n) is 16.5. The number of aryl methyl sites for hydroxylation is 1. The van der Waals surface area contributed by atoms with Crippen molar-refractivity contribution in [2.75, 3.05) is 18.5 Å². The van der Waals surface area contributed by atoms with Crippen LogP contribution in [-0.2, 0) is 21.3 Å². The summed E-state index contributed by atoms with van der Waals surface area (Å²) in [6.07, 6.45) is 4.63. The third-order valence-corrected chi connectivity index (χ3v) is 5.20. The van der Waals surface area contributed by atoms with E-state index in [0.29, 0.717) is 5.56 Å². The highest BCUT2D eigenvalue weighted by Gasteiger charge is 2.27. The molecule has 0 aromatic carbocycles. The van der Waals surface area contributed by atoms with Crippen LogP contribution >= 0.6 is 11.3 Å². The van der Waals surface area contributed by atoms with Gasteiger partial charge in [0.2, 0.25) is 5.91 Å². The molecule has 0 saturated heterocycles. The summed E-state index contributed by atoms with van der Waals surface area (Å²) < 4.78 is 11.8. The second-order valence-electron chi connectivity index (χ2n) is 5.83. The summed E-state index contributed by atoms with van der Waals surface area (Å²) >= 11 is 0.988. The van der Waals surface area contributed by atoms with Crippen LogP contribution in [0.4, 0.5) is 5.00 Å². The van der Waals surface area contributed by atoms with E-state index in [1.807, 2.05) is 14.0 Å². The summed E-state index contributed by atoms with van der Waals surface area (Å²) in [6, 6.07) is 0. The fourth-order valence-corrected chi connectivity index (χ4v) is 3.53. The van der Waals surface area contributed by atoms with E-state index in [4.69, 9.17) is 9.47 Å². The number of nitrogens with one attached hydrogen (secondary N) is 1. The molecule has 0 fully saturated rings. The maximum Gasteiger partial charge on any atom is 0.348 e. The Morgan fingerprint density at radius 2 is 1.82 bits per heavy atom. The monoisotopic (exact) mass is 405 g/mol. The van der Waals surface area contributed by atoms with E-state index in [2.05, 4.69) is 10.4 Å². The number of nitrogens with zero attached hydrogens (tertiary/aromatic N) is 2. The minimum atomic E-state index is -0.603. The summed E-state index contributed by atoms with van der Waals surface area (Å²) in [5, 5.41) is 7.02. The third kappa shape index (κ3) is 4.66. The minimum Gasteiger partial charge on any atom is -0.462 e. The zero-order chi connectivity index (χ0) is 20.8. The molecule has 0 spiro atoms. The lowest BCUT2D eigenvalue weighted by molar-refractivity contribution is -0.111. The number of aromatic nitrogens is 2. The Morgan fingerprint density at radius 3 is 2.39 bits per heavy atom. The molecule has 0 bridgehead atoms. The Balaban J connectivity index is 2.30. The number of rotatable bonds is 7. The maximum absolute atomic E-state index is 12.4. The fraction of sp³-hybridized carbons (Fsp3) is 0.368. The van der Waals surface area contributed by atoms with Crippen molar-refractivity contribution in [1.82, 2.24) is 9.78 Å². The van der Waals surface area contributed by atoms with Crippen molar-refractivity contribution in [3.05, 3.63) is 39.5 Å². The van der Waals surface area contributed by atoms with E-state index >= 15 is 0 Å². The molecule has 9 heteroatoms. The Kier molecular flexibility index (Phi) is 7.11. The molecule has 0 atom stereocenters. The number of ether oxygens (including phenoxy) is 2. The van der Waals surface area contributed by atoms with Crippen LogP contribution in [0.2, 0.25) is 0 Å². The van der Waals surface area contributed by atoms with Crippen LogP contribution in [0.15, 0.2) is 12.3 Å². The standard InChI is InChI=1S/C19H23N3O5S/c1-6-26-18(24)15-11(3)16(19(25)27-7-2)28-17(15)21-14(23)9-8-13-10-20-22(5)12(13)4/h8-10H,6-7H2,1-5H3,(H,21,23). The first-order valence-corrected chi connectivity index (χ1v) is 9.57. The summed E-state index contributed by atoms with van der Waals surface area (Å²) in [7, 11) is 1.81. The highest BCUT2D eigenvalue weighted by molar-refractivity contribution is 7.18. The molecule has 0 radical (unpaired) electrons. The van der Waals surface area contributed by atoms with Crippen LogP contribution in [-0.4, -0.2) is 40.8 Å². The summed E-state index contributed by atoms with van der Waals surface area (Å²) in [6.45, 7) is 7.28. The number of carbonyl (C=O) groups excluding carboxylic acids is 3. The molecule has 0 aliphatic rings. The van der Waals surface area contributed by atoms with Crippen molar-refractivity contribution in [1.29, 1.82) is 0 Å². The molecule has 0 saturated carbocycles. The van der Waals surface area contributed by atoms with Crippen LogP contribution in [0, 0.1) is 13.8 Å². The molecule has 2 aromatic rings. The average molecular weight is 405 g/mol. The predicted octanol–water partition coefficient (Wildman–Crippen LogP) is 3.10. The molecular weight excluding hydrogens is 382 g/mol. The first-order valence-electron chi connectivity index (χ1n) is 8.75. The van der Waals surface area contributed by atoms with Gasteiger partial charge in [-0.25, -0.2) is 9.59 Å². The molecular formula is C19H23N3O5S. The number of anilines is 1. The number of esters is 2. The van der Waals surface area contributed by atoms with Crippen LogP contribution < -0.4 is 5.32 Å². The molecule has 0 aliphatic carbocycles. The van der Waals surface area contributed by atoms with Crippen molar-refractivity contribution < 1.29 is 23.9 Å². The predicted molar refractivity (Wildman–Crippen MR) is 107 cm³/mol. The van der Waals surface area contributed by atoms with Gasteiger partial charge in [-0.2, -0.15) is 5.10 Å². The molecule has 2 heterocycles. The Morgan fingerprint density at radius 1 is 1.18 bits per heavy atom. The van der Waals surface area contributed by atoms with Gasteiger partial charge < -0.3 is 14.8 Å². The summed E-state index contributed by atoms with van der Waals surface area (Å²) in [5.74, 6) is -1.59. The van der Waals surface area contributed by atoms with Crippen LogP contribution in [0.5, 0.6) is 0 Å². The molecule has 1 N–H and O–H groups in total. The lowest BCUT2D eigenvalue weighted by atomic mass is 10.1. The molecule has 8 nitrogen and oxygen atoms in total. The fourth-order valence-electron chi connectivity index (χ4n) is 2.44. The van der Waals surface area contributed by atoms with Crippen molar-refractivity contribution >= 4 is 40.3 Å². The summed E-state index contributed by atoms with van der Waals surface area (Å²) in [4.78, 5) is 37.1. The van der Waals surface area contributed by atoms with Crippen LogP contribution in [0.3, 0.4) is 0 Å². The van der Waals surface area contributed by atoms with E-state index in [9.17, 15) is 14.4 Å². The minimum absolute atomic E-state index is 0.161. The van der Waals surface area contributed by atoms with Crippen molar-refractivity contribution in [2.45, 2.75) is 27.7 Å². The third-order valence-electron chi connectivity index (χ3n) is 4.01. The van der Waals surface area contributed by atoms with Crippen LogP contribution in [0.1, 0.15) is 50.7 Å². The van der Waals surface area contributed by atoms with E-state index in [-0.39, 0.29) is 28.7 Å². The number of hydrogen-bond acceptors (Lipinski definition) is 7. The van der Waals surface area contributed by atoms with Gasteiger partial charge in [-0.1, -0.05) is 0 Å². The molecule has 28 heavy (non-hydrogen) atoms. The van der Waals surface area contributed by atoms with Gasteiger partial charge in [0.25, 0.3) is 0 Å². The van der Waals surface area contributed by atoms with Gasteiger partial charge in [0.1, 0.15) is 9.88 Å². The molecule has 2 aromatic heterocycles. The van der Waals surface area contributed by atoms with Gasteiger partial charge in [0.05, 0.1) is 25.0 Å². The van der Waals surface area contributed by atoms with Gasteiger partial charge in [-0.15, -0.1) is 11.3 Å². The van der Waals surface area contributed by atoms with Crippen molar-refractivity contribution in [3.8, 4) is 0 Å². The first-order chi connectivity index (χ1) is 13.3. The highest BCUT2D eigenvalue weighted by Crippen LogP contribution is 2.34. The molecule has 150 valence electrons. The molecule has 2 rings (SSSR count). The zero-order valence-corrected chi connectivity index (χ0v) is 17.3. The van der Waals surface area contributed by atoms with Crippen LogP contribution in [0.25, 0.3) is 6.08 Å². The van der Waals surface area contributed by atoms with Gasteiger partial charge in [-0.05, 0) is 39.3 Å². The largest absolute Gasteiger partial charge is 0.462 e. The Labute approximate surface area is 167 Å². The Bertz CT molecular complexity index is 926. The lowest BCUT2D eigenvalue weighted by Crippen LogP contribution is -2.13. The summed E-state index contributed by atoms with van der Waals surface area (Å²) in [5.41, 5.74) is 2.30. The van der Waals surface area contributed by atoms with Gasteiger partial charge in [0.15, 0.2) is 0 Å². The number of hydrogen-bond donors (Lipinski definition) is 1. The average Bonchev–Trinajstić information content (AvgIpc) is 3.13. The Hall–Kier alpha value is -2.94. The normalized spacial score (nSPS) is 10.9. The van der Waals surface area contributed by atoms with E-state index in [1.165, 1.54) is 6.08 Å². The number of amides is 1. The number of thiophene rings is 1. The van der Waals surface area contributed by atoms with Gasteiger partial charge in [-0.3, -0.25) is 9.48 Å².